The van der Waals surface area contributed by atoms with Crippen molar-refractivity contribution in [3.05, 3.63) is 23.8 Å². The molecule has 1 heterocycles. The van der Waals surface area contributed by atoms with Crippen molar-refractivity contribution in [3.63, 3.8) is 0 Å². The Labute approximate surface area is 169 Å². The van der Waals surface area contributed by atoms with Crippen LogP contribution in [0.2, 0.25) is 0 Å². The number of guanidine groups is 1. The number of fused-ring (bicyclic) bond motifs is 1. The van der Waals surface area contributed by atoms with Crippen molar-refractivity contribution in [2.45, 2.75) is 31.9 Å². The molecule has 0 aliphatic carbocycles. The largest absolute Gasteiger partial charge is 0.494 e. The van der Waals surface area contributed by atoms with Gasteiger partial charge in [-0.1, -0.05) is 6.07 Å². The predicted molar refractivity (Wildman–Crippen MR) is 98.7 cm³/mol. The zero-order chi connectivity index (χ0) is 22.3. The Morgan fingerprint density at radius 1 is 1.30 bits per heavy atom. The first kappa shape index (κ1) is 23.0. The quantitative estimate of drug-likeness (QED) is 0.161. The number of carbonyl (C=O) groups is 3. The Kier molecular flexibility index (Phi) is 7.61. The maximum absolute atomic E-state index is 12.2. The lowest BCUT2D eigenvalue weighted by atomic mass is 9.90. The summed E-state index contributed by atoms with van der Waals surface area (Å²) >= 11 is 0. The van der Waals surface area contributed by atoms with Crippen LogP contribution in [0.3, 0.4) is 0 Å². The molecule has 0 fully saturated rings. The van der Waals surface area contributed by atoms with Crippen LogP contribution in [0, 0.1) is 11.3 Å². The third kappa shape index (κ3) is 6.94. The van der Waals surface area contributed by atoms with Crippen LogP contribution in [0.1, 0.15) is 24.8 Å². The first-order chi connectivity index (χ1) is 14.1. The summed E-state index contributed by atoms with van der Waals surface area (Å²) in [5.41, 5.74) is 6.32. The molecular formula is C18H21F3N4O5. The smallest absolute Gasteiger partial charge is 0.491 e. The second kappa shape index (κ2) is 9.94. The molecule has 1 aliphatic heterocycles. The van der Waals surface area contributed by atoms with Crippen LogP contribution in [0.5, 0.6) is 5.75 Å². The van der Waals surface area contributed by atoms with Crippen LogP contribution >= 0.6 is 0 Å². The zero-order valence-electron chi connectivity index (χ0n) is 15.8. The molecule has 5 N–H and O–H groups in total. The van der Waals surface area contributed by atoms with E-state index in [2.05, 4.69) is 15.4 Å². The first-order valence-corrected chi connectivity index (χ1v) is 9.02. The van der Waals surface area contributed by atoms with Gasteiger partial charge in [-0.05, 0) is 30.9 Å². The second-order valence-corrected chi connectivity index (χ2v) is 6.57. The highest BCUT2D eigenvalue weighted by molar-refractivity contribution is 5.98. The molecule has 0 spiro atoms. The number of hydrogen-bond acceptors (Lipinski definition) is 6. The Balaban J connectivity index is 1.85. The molecule has 0 radical (unpaired) electrons. The van der Waals surface area contributed by atoms with E-state index in [0.29, 0.717) is 36.6 Å². The van der Waals surface area contributed by atoms with Gasteiger partial charge in [0.15, 0.2) is 5.96 Å². The fourth-order valence-electron chi connectivity index (χ4n) is 2.74. The summed E-state index contributed by atoms with van der Waals surface area (Å²) in [6, 6.07) is 4.97. The number of esters is 2. The summed E-state index contributed by atoms with van der Waals surface area (Å²) in [6.45, 7) is 0.964. The molecule has 1 aliphatic rings. The van der Waals surface area contributed by atoms with E-state index < -0.39 is 36.4 Å². The molecule has 0 saturated heterocycles. The van der Waals surface area contributed by atoms with Crippen molar-refractivity contribution in [3.8, 4) is 5.75 Å². The maximum Gasteiger partial charge on any atom is 0.491 e. The lowest BCUT2D eigenvalue weighted by Crippen LogP contribution is -2.34. The molecular weight excluding hydrogens is 409 g/mol. The average molecular weight is 430 g/mol. The molecule has 9 nitrogen and oxygen atoms in total. The van der Waals surface area contributed by atoms with Crippen molar-refractivity contribution in [1.29, 1.82) is 5.41 Å². The number of ether oxygens (including phenoxy) is 2. The summed E-state index contributed by atoms with van der Waals surface area (Å²) in [4.78, 5) is 34.4. The van der Waals surface area contributed by atoms with Gasteiger partial charge < -0.3 is 25.8 Å². The Morgan fingerprint density at radius 2 is 2.03 bits per heavy atom. The van der Waals surface area contributed by atoms with Crippen molar-refractivity contribution in [1.82, 2.24) is 5.32 Å². The molecule has 1 atom stereocenters. The van der Waals surface area contributed by atoms with E-state index in [0.717, 1.165) is 6.42 Å². The zero-order valence-corrected chi connectivity index (χ0v) is 15.8. The van der Waals surface area contributed by atoms with Gasteiger partial charge in [-0.25, -0.2) is 4.79 Å². The van der Waals surface area contributed by atoms with E-state index >= 15 is 0 Å². The van der Waals surface area contributed by atoms with Gasteiger partial charge in [0.05, 0.1) is 18.9 Å². The van der Waals surface area contributed by atoms with Crippen LogP contribution in [0.25, 0.3) is 0 Å². The van der Waals surface area contributed by atoms with Gasteiger partial charge in [-0.2, -0.15) is 13.2 Å². The van der Waals surface area contributed by atoms with Gasteiger partial charge in [0, 0.05) is 18.3 Å². The van der Waals surface area contributed by atoms with Crippen molar-refractivity contribution >= 4 is 29.5 Å². The number of amides is 1. The standard InChI is InChI=1S/C18H21F3N4O5/c19-18(20,21)16(28)30-14(26)8-11-7-10-3-4-12(9-13(10)25-15(11)27)29-6-2-1-5-24-17(22)23/h3-4,9,11H,1-2,5-8H2,(H,25,27)(H4,22,23,24). The molecule has 2 rings (SSSR count). The molecule has 12 heteroatoms. The number of hydrogen-bond donors (Lipinski definition) is 4. The Bertz CT molecular complexity index is 829. The van der Waals surface area contributed by atoms with Crippen LogP contribution in [-0.4, -0.2) is 43.1 Å². The molecule has 0 bridgehead atoms. The van der Waals surface area contributed by atoms with E-state index in [4.69, 9.17) is 15.9 Å². The number of unbranched alkanes of at least 4 members (excludes halogenated alkanes) is 1. The van der Waals surface area contributed by atoms with E-state index in [1.807, 2.05) is 0 Å². The summed E-state index contributed by atoms with van der Waals surface area (Å²) in [6.07, 6.45) is -4.37. The summed E-state index contributed by atoms with van der Waals surface area (Å²) in [5, 5.41) is 12.3. The van der Waals surface area contributed by atoms with Gasteiger partial charge in [0.2, 0.25) is 5.91 Å². The maximum atomic E-state index is 12.2. The number of rotatable bonds is 8. The van der Waals surface area contributed by atoms with Crippen LogP contribution in [0.4, 0.5) is 18.9 Å². The third-order valence-corrected chi connectivity index (χ3v) is 4.18. The highest BCUT2D eigenvalue weighted by Crippen LogP contribution is 2.31. The van der Waals surface area contributed by atoms with Gasteiger partial charge >= 0.3 is 18.1 Å². The van der Waals surface area contributed by atoms with E-state index in [1.54, 1.807) is 18.2 Å². The minimum atomic E-state index is -5.28. The molecule has 30 heavy (non-hydrogen) atoms. The van der Waals surface area contributed by atoms with E-state index in [1.165, 1.54) is 0 Å². The van der Waals surface area contributed by atoms with Crippen LogP contribution in [-0.2, 0) is 25.5 Å². The molecule has 1 unspecified atom stereocenters. The van der Waals surface area contributed by atoms with Gasteiger partial charge in [0.25, 0.3) is 0 Å². The molecule has 0 saturated carbocycles. The first-order valence-electron chi connectivity index (χ1n) is 9.02. The fourth-order valence-corrected chi connectivity index (χ4v) is 2.74. The lowest BCUT2D eigenvalue weighted by molar-refractivity contribution is -0.202. The summed E-state index contributed by atoms with van der Waals surface area (Å²) in [5.74, 6) is -5.12. The SMILES string of the molecule is N=C(N)NCCCCOc1ccc2c(c1)NC(=O)C(CC(=O)OC(=O)C(F)(F)F)C2. The number of nitrogens with one attached hydrogen (secondary N) is 3. The second-order valence-electron chi connectivity index (χ2n) is 6.57. The van der Waals surface area contributed by atoms with E-state index in [-0.39, 0.29) is 12.4 Å². The number of alkyl halides is 3. The molecule has 164 valence electrons. The predicted octanol–water partition coefficient (Wildman–Crippen LogP) is 1.46. The van der Waals surface area contributed by atoms with Crippen molar-refractivity contribution in [2.24, 2.45) is 11.7 Å². The normalized spacial score (nSPS) is 15.6. The van der Waals surface area contributed by atoms with Gasteiger partial charge in [0.1, 0.15) is 5.75 Å². The monoisotopic (exact) mass is 430 g/mol. The number of benzene rings is 1. The average Bonchev–Trinajstić information content (AvgIpc) is 2.64. The topological polar surface area (TPSA) is 144 Å². The minimum absolute atomic E-state index is 0.0973. The number of halogens is 3. The third-order valence-electron chi connectivity index (χ3n) is 4.18. The molecule has 1 aromatic rings. The Morgan fingerprint density at radius 3 is 2.70 bits per heavy atom. The number of carbonyl (C=O) groups excluding carboxylic acids is 3. The summed E-state index contributed by atoms with van der Waals surface area (Å²) in [7, 11) is 0. The van der Waals surface area contributed by atoms with Crippen LogP contribution < -0.4 is 21.1 Å². The van der Waals surface area contributed by atoms with Gasteiger partial charge in [-0.3, -0.25) is 15.0 Å². The van der Waals surface area contributed by atoms with E-state index in [9.17, 15) is 27.6 Å². The molecule has 1 amide bonds. The molecule has 1 aromatic carbocycles. The van der Waals surface area contributed by atoms with Crippen LogP contribution in [0.15, 0.2) is 18.2 Å². The lowest BCUT2D eigenvalue weighted by Gasteiger charge is -2.24. The number of anilines is 1. The Hall–Kier alpha value is -3.31. The minimum Gasteiger partial charge on any atom is -0.494 e. The van der Waals surface area contributed by atoms with Crippen molar-refractivity contribution < 1.29 is 37.0 Å². The number of nitrogens with two attached hydrogens (primary N) is 1. The van der Waals surface area contributed by atoms with Gasteiger partial charge in [-0.15, -0.1) is 0 Å². The summed E-state index contributed by atoms with van der Waals surface area (Å²) < 4.78 is 45.8. The highest BCUT2D eigenvalue weighted by atomic mass is 19.4. The highest BCUT2D eigenvalue weighted by Gasteiger charge is 2.43. The van der Waals surface area contributed by atoms with Crippen molar-refractivity contribution in [2.75, 3.05) is 18.5 Å². The fraction of sp³-hybridized carbons (Fsp3) is 0.444. The molecule has 0 aromatic heterocycles.